The van der Waals surface area contributed by atoms with E-state index in [1.54, 1.807) is 0 Å². The molecule has 154 valence electrons. The number of anilines is 1. The van der Waals surface area contributed by atoms with Crippen LogP contribution in [-0.2, 0) is 4.79 Å². The maximum Gasteiger partial charge on any atom is 0.225 e. The lowest BCUT2D eigenvalue weighted by Crippen LogP contribution is -2.44. The summed E-state index contributed by atoms with van der Waals surface area (Å²) in [6.07, 6.45) is 9.36. The highest BCUT2D eigenvalue weighted by atomic mass is 16.1. The molecular formula is C23H31N5O. The molecule has 6 nitrogen and oxygen atoms in total. The lowest BCUT2D eigenvalue weighted by Gasteiger charge is -2.32. The second-order valence-corrected chi connectivity index (χ2v) is 8.12. The Morgan fingerprint density at radius 3 is 2.52 bits per heavy atom. The number of carbonyl (C=O) groups is 1. The van der Waals surface area contributed by atoms with Crippen molar-refractivity contribution in [3.05, 3.63) is 42.7 Å². The Hall–Kier alpha value is -2.47. The Kier molecular flexibility index (Phi) is 6.72. The molecule has 2 aromatic rings. The summed E-state index contributed by atoms with van der Waals surface area (Å²) in [5.41, 5.74) is 2.13. The van der Waals surface area contributed by atoms with Crippen LogP contribution in [-0.4, -0.2) is 60.0 Å². The molecule has 6 heteroatoms. The van der Waals surface area contributed by atoms with Crippen LogP contribution >= 0.6 is 0 Å². The van der Waals surface area contributed by atoms with E-state index in [0.29, 0.717) is 6.54 Å². The highest BCUT2D eigenvalue weighted by molar-refractivity contribution is 5.79. The van der Waals surface area contributed by atoms with Crippen molar-refractivity contribution in [1.29, 1.82) is 0 Å². The topological polar surface area (TPSA) is 61.4 Å². The average Bonchev–Trinajstić information content (AvgIpc) is 3.31. The van der Waals surface area contributed by atoms with Gasteiger partial charge in [-0.2, -0.15) is 0 Å². The molecule has 1 N–H and O–H groups in total. The van der Waals surface area contributed by atoms with Crippen LogP contribution in [0.5, 0.6) is 0 Å². The van der Waals surface area contributed by atoms with Crippen molar-refractivity contribution >= 4 is 11.9 Å². The van der Waals surface area contributed by atoms with E-state index in [1.165, 1.54) is 25.9 Å². The van der Waals surface area contributed by atoms with Crippen molar-refractivity contribution in [3.63, 3.8) is 0 Å². The Labute approximate surface area is 173 Å². The molecule has 1 amide bonds. The first-order valence-electron chi connectivity index (χ1n) is 10.9. The van der Waals surface area contributed by atoms with Gasteiger partial charge in [-0.1, -0.05) is 30.3 Å². The van der Waals surface area contributed by atoms with E-state index in [-0.39, 0.29) is 11.8 Å². The van der Waals surface area contributed by atoms with Gasteiger partial charge in [-0.3, -0.25) is 4.79 Å². The third-order valence-electron chi connectivity index (χ3n) is 5.97. The summed E-state index contributed by atoms with van der Waals surface area (Å²) in [5.74, 6) is 0.918. The SMILES string of the molecule is O=C(NCCCN1CCCC1)C1CCCN(c2ncc(-c3ccccc3)cn2)C1. The predicted molar refractivity (Wildman–Crippen MR) is 116 cm³/mol. The van der Waals surface area contributed by atoms with Gasteiger partial charge in [-0.15, -0.1) is 0 Å². The number of amides is 1. The van der Waals surface area contributed by atoms with E-state index in [0.717, 1.165) is 56.0 Å². The van der Waals surface area contributed by atoms with Crippen LogP contribution in [0.4, 0.5) is 5.95 Å². The fourth-order valence-electron chi connectivity index (χ4n) is 4.30. The number of hydrogen-bond donors (Lipinski definition) is 1. The molecule has 2 saturated heterocycles. The lowest BCUT2D eigenvalue weighted by molar-refractivity contribution is -0.125. The highest BCUT2D eigenvalue weighted by Gasteiger charge is 2.27. The summed E-state index contributed by atoms with van der Waals surface area (Å²) >= 11 is 0. The maximum atomic E-state index is 12.6. The van der Waals surface area contributed by atoms with Gasteiger partial charge in [0.15, 0.2) is 0 Å². The molecule has 2 aliphatic heterocycles. The number of hydrogen-bond acceptors (Lipinski definition) is 5. The number of piperidine rings is 1. The predicted octanol–water partition coefficient (Wildman–Crippen LogP) is 2.96. The van der Waals surface area contributed by atoms with Crippen LogP contribution in [0.15, 0.2) is 42.7 Å². The molecule has 0 spiro atoms. The second kappa shape index (κ2) is 9.83. The number of nitrogens with one attached hydrogen (secondary N) is 1. The summed E-state index contributed by atoms with van der Waals surface area (Å²) in [4.78, 5) is 26.4. The first-order chi connectivity index (χ1) is 14.3. The van der Waals surface area contributed by atoms with Gasteiger partial charge in [0.2, 0.25) is 11.9 Å². The fourth-order valence-corrected chi connectivity index (χ4v) is 4.30. The summed E-state index contributed by atoms with van der Waals surface area (Å²) in [7, 11) is 0. The van der Waals surface area contributed by atoms with Gasteiger partial charge >= 0.3 is 0 Å². The maximum absolute atomic E-state index is 12.6. The Morgan fingerprint density at radius 2 is 1.76 bits per heavy atom. The van der Waals surface area contributed by atoms with Gasteiger partial charge in [-0.25, -0.2) is 9.97 Å². The van der Waals surface area contributed by atoms with Crippen LogP contribution < -0.4 is 10.2 Å². The standard InChI is InChI=1S/C23H31N5O/c29-22(24-11-7-14-27-12-4-5-13-27)20-10-6-15-28(18-20)23-25-16-21(17-26-23)19-8-2-1-3-9-19/h1-3,8-9,16-17,20H,4-7,10-15,18H2,(H,24,29). The van der Waals surface area contributed by atoms with Gasteiger partial charge in [0, 0.05) is 37.6 Å². The van der Waals surface area contributed by atoms with Crippen LogP contribution in [0.2, 0.25) is 0 Å². The minimum Gasteiger partial charge on any atom is -0.356 e. The van der Waals surface area contributed by atoms with Gasteiger partial charge < -0.3 is 15.1 Å². The lowest BCUT2D eigenvalue weighted by atomic mass is 9.97. The summed E-state index contributed by atoms with van der Waals surface area (Å²) < 4.78 is 0. The third-order valence-corrected chi connectivity index (χ3v) is 5.97. The molecule has 1 atom stereocenters. The van der Waals surface area contributed by atoms with Crippen LogP contribution in [0, 0.1) is 5.92 Å². The molecule has 0 aliphatic carbocycles. The summed E-state index contributed by atoms with van der Waals surface area (Å²) in [6, 6.07) is 10.2. The zero-order valence-electron chi connectivity index (χ0n) is 17.1. The Bertz CT molecular complexity index is 774. The molecule has 2 aliphatic rings. The molecule has 0 radical (unpaired) electrons. The van der Waals surface area contributed by atoms with E-state index < -0.39 is 0 Å². The van der Waals surface area contributed by atoms with Crippen LogP contribution in [0.25, 0.3) is 11.1 Å². The molecule has 3 heterocycles. The summed E-state index contributed by atoms with van der Waals surface area (Å²) in [5, 5.41) is 3.15. The van der Waals surface area contributed by atoms with Crippen molar-refractivity contribution in [2.75, 3.05) is 44.2 Å². The van der Waals surface area contributed by atoms with Gasteiger partial charge in [0.1, 0.15) is 0 Å². The number of likely N-dealkylation sites (tertiary alicyclic amines) is 1. The van der Waals surface area contributed by atoms with E-state index >= 15 is 0 Å². The number of nitrogens with zero attached hydrogens (tertiary/aromatic N) is 4. The monoisotopic (exact) mass is 393 g/mol. The minimum absolute atomic E-state index is 0.0212. The normalized spacial score (nSPS) is 20.0. The van der Waals surface area contributed by atoms with Crippen molar-refractivity contribution in [3.8, 4) is 11.1 Å². The summed E-state index contributed by atoms with van der Waals surface area (Å²) in [6.45, 7) is 5.90. The van der Waals surface area contributed by atoms with Crippen molar-refractivity contribution < 1.29 is 4.79 Å². The van der Waals surface area contributed by atoms with E-state index in [4.69, 9.17) is 0 Å². The van der Waals surface area contributed by atoms with Gasteiger partial charge in [0.05, 0.1) is 5.92 Å². The molecule has 0 bridgehead atoms. The minimum atomic E-state index is 0.0212. The molecular weight excluding hydrogens is 362 g/mol. The van der Waals surface area contributed by atoms with E-state index in [9.17, 15) is 4.79 Å². The molecule has 2 fully saturated rings. The quantitative estimate of drug-likeness (QED) is 0.733. The molecule has 1 aromatic heterocycles. The van der Waals surface area contributed by atoms with Crippen LogP contribution in [0.1, 0.15) is 32.1 Å². The Balaban J connectivity index is 1.27. The van der Waals surface area contributed by atoms with Crippen molar-refractivity contribution in [2.24, 2.45) is 5.92 Å². The van der Waals surface area contributed by atoms with Crippen molar-refractivity contribution in [1.82, 2.24) is 20.2 Å². The third kappa shape index (κ3) is 5.32. The second-order valence-electron chi connectivity index (χ2n) is 8.12. The average molecular weight is 394 g/mol. The van der Waals surface area contributed by atoms with E-state index in [1.807, 2.05) is 30.6 Å². The smallest absolute Gasteiger partial charge is 0.225 e. The molecule has 0 saturated carbocycles. The number of aromatic nitrogens is 2. The van der Waals surface area contributed by atoms with Crippen molar-refractivity contribution in [2.45, 2.75) is 32.1 Å². The number of benzene rings is 1. The number of rotatable bonds is 7. The zero-order chi connectivity index (χ0) is 19.9. The van der Waals surface area contributed by atoms with Gasteiger partial charge in [0.25, 0.3) is 0 Å². The first-order valence-corrected chi connectivity index (χ1v) is 10.9. The molecule has 1 aromatic carbocycles. The first kappa shape index (κ1) is 19.8. The molecule has 29 heavy (non-hydrogen) atoms. The highest BCUT2D eigenvalue weighted by Crippen LogP contribution is 2.23. The molecule has 1 unspecified atom stereocenters. The molecule has 4 rings (SSSR count). The number of carbonyl (C=O) groups excluding carboxylic acids is 1. The Morgan fingerprint density at radius 1 is 1.00 bits per heavy atom. The van der Waals surface area contributed by atoms with E-state index in [2.05, 4.69) is 37.2 Å². The zero-order valence-corrected chi connectivity index (χ0v) is 17.1. The largest absolute Gasteiger partial charge is 0.356 e. The fraction of sp³-hybridized carbons (Fsp3) is 0.522. The van der Waals surface area contributed by atoms with Gasteiger partial charge in [-0.05, 0) is 57.3 Å². The van der Waals surface area contributed by atoms with Crippen LogP contribution in [0.3, 0.4) is 0 Å².